The Balaban J connectivity index is 1.19. The number of carbonyl (C=O) groups excluding carboxylic acids is 1. The van der Waals surface area contributed by atoms with Crippen LogP contribution in [0.2, 0.25) is 0 Å². The lowest BCUT2D eigenvalue weighted by Crippen LogP contribution is -2.22. The van der Waals surface area contributed by atoms with Crippen molar-refractivity contribution < 1.29 is 9.53 Å². The van der Waals surface area contributed by atoms with Crippen molar-refractivity contribution in [1.82, 2.24) is 14.9 Å². The summed E-state index contributed by atoms with van der Waals surface area (Å²) in [5.74, 6) is 2.05. The molecule has 0 unspecified atom stereocenters. The molecule has 0 bridgehead atoms. The number of hydrogen-bond donors (Lipinski definition) is 1. The second kappa shape index (κ2) is 14.0. The Kier molecular flexibility index (Phi) is 9.94. The van der Waals surface area contributed by atoms with Crippen molar-refractivity contribution in [3.8, 4) is 5.75 Å². The van der Waals surface area contributed by atoms with Crippen LogP contribution in [0.1, 0.15) is 49.1 Å². The lowest BCUT2D eigenvalue weighted by molar-refractivity contribution is -0.116. The van der Waals surface area contributed by atoms with Gasteiger partial charge >= 0.3 is 0 Å². The molecule has 0 radical (unpaired) electrons. The zero-order chi connectivity index (χ0) is 25.7. The first-order valence-electron chi connectivity index (χ1n) is 13.3. The monoisotopic (exact) mass is 495 g/mol. The Morgan fingerprint density at radius 3 is 2.62 bits per heavy atom. The first-order valence-corrected chi connectivity index (χ1v) is 13.3. The van der Waals surface area contributed by atoms with Gasteiger partial charge in [-0.2, -0.15) is 0 Å². The highest BCUT2D eigenvalue weighted by Crippen LogP contribution is 2.19. The predicted octanol–water partition coefficient (Wildman–Crippen LogP) is 6.75. The molecule has 1 amide bonds. The lowest BCUT2D eigenvalue weighted by atomic mass is 10.2. The molecule has 0 fully saturated rings. The molecule has 4 aromatic rings. The normalized spacial score (nSPS) is 11.3. The molecular formula is C32H37N3O2. The molecule has 1 aromatic heterocycles. The molecule has 0 atom stereocenters. The molecule has 0 aliphatic rings. The van der Waals surface area contributed by atoms with E-state index in [1.165, 1.54) is 11.1 Å². The number of unbranched alkanes of at least 4 members (excludes halogenated alkanes) is 3. The summed E-state index contributed by atoms with van der Waals surface area (Å²) in [5, 5.41) is 2.98. The molecule has 0 aliphatic carbocycles. The summed E-state index contributed by atoms with van der Waals surface area (Å²) in [4.78, 5) is 17.0. The minimum absolute atomic E-state index is 0.0444. The highest BCUT2D eigenvalue weighted by Gasteiger charge is 2.10. The Morgan fingerprint density at radius 1 is 0.919 bits per heavy atom. The minimum Gasteiger partial charge on any atom is -0.494 e. The molecule has 4 rings (SSSR count). The Hall–Kier alpha value is -3.86. The first-order chi connectivity index (χ1) is 18.2. The summed E-state index contributed by atoms with van der Waals surface area (Å²) >= 11 is 0. The third-order valence-corrected chi connectivity index (χ3v) is 6.37. The maximum absolute atomic E-state index is 12.0. The number of aryl methyl sites for hydroxylation is 3. The van der Waals surface area contributed by atoms with Crippen molar-refractivity contribution in [3.05, 3.63) is 102 Å². The van der Waals surface area contributed by atoms with Gasteiger partial charge in [-0.1, -0.05) is 61.0 Å². The van der Waals surface area contributed by atoms with E-state index in [-0.39, 0.29) is 5.91 Å². The van der Waals surface area contributed by atoms with Gasteiger partial charge < -0.3 is 14.6 Å². The van der Waals surface area contributed by atoms with E-state index in [4.69, 9.17) is 9.72 Å². The van der Waals surface area contributed by atoms with E-state index in [0.717, 1.165) is 74.3 Å². The lowest BCUT2D eigenvalue weighted by Gasteiger charge is -2.10. The molecule has 1 heterocycles. The van der Waals surface area contributed by atoms with Crippen LogP contribution in [0.4, 0.5) is 0 Å². The van der Waals surface area contributed by atoms with Crippen molar-refractivity contribution in [3.63, 3.8) is 0 Å². The van der Waals surface area contributed by atoms with Crippen LogP contribution in [0.3, 0.4) is 0 Å². The summed E-state index contributed by atoms with van der Waals surface area (Å²) < 4.78 is 8.30. The first kappa shape index (κ1) is 26.2. The van der Waals surface area contributed by atoms with Crippen LogP contribution in [-0.4, -0.2) is 28.6 Å². The largest absolute Gasteiger partial charge is 0.494 e. The summed E-state index contributed by atoms with van der Waals surface area (Å²) in [5.41, 5.74) is 4.51. The molecule has 0 saturated heterocycles. The third-order valence-electron chi connectivity index (χ3n) is 6.37. The minimum atomic E-state index is -0.0444. The summed E-state index contributed by atoms with van der Waals surface area (Å²) in [6, 6.07) is 26.5. The van der Waals surface area contributed by atoms with E-state index in [1.54, 1.807) is 6.08 Å². The van der Waals surface area contributed by atoms with Gasteiger partial charge in [-0.25, -0.2) is 4.98 Å². The fourth-order valence-electron chi connectivity index (χ4n) is 4.42. The van der Waals surface area contributed by atoms with Gasteiger partial charge in [-0.05, 0) is 74.1 Å². The molecule has 1 N–H and O–H groups in total. The molecule has 5 nitrogen and oxygen atoms in total. The fraction of sp³-hybridized carbons (Fsp3) is 0.312. The molecule has 192 valence electrons. The third kappa shape index (κ3) is 8.35. The number of nitrogens with one attached hydrogen (secondary N) is 1. The summed E-state index contributed by atoms with van der Waals surface area (Å²) in [6.45, 7) is 4.43. The SMILES string of the molecule is Cc1cccc(OCCCCn2c(CCCCCNC(=O)/C=C/c3ccccc3)nc3ccccc32)c1. The topological polar surface area (TPSA) is 56.1 Å². The molecular weight excluding hydrogens is 458 g/mol. The van der Waals surface area contributed by atoms with Crippen LogP contribution in [0.5, 0.6) is 5.75 Å². The van der Waals surface area contributed by atoms with Crippen molar-refractivity contribution in [2.24, 2.45) is 0 Å². The van der Waals surface area contributed by atoms with E-state index < -0.39 is 0 Å². The number of carbonyl (C=O) groups is 1. The Bertz CT molecular complexity index is 1290. The number of para-hydroxylation sites is 2. The van der Waals surface area contributed by atoms with Gasteiger partial charge in [0.15, 0.2) is 0 Å². The molecule has 37 heavy (non-hydrogen) atoms. The fourth-order valence-corrected chi connectivity index (χ4v) is 4.42. The number of ether oxygens (including phenoxy) is 1. The predicted molar refractivity (Wildman–Crippen MR) is 152 cm³/mol. The maximum Gasteiger partial charge on any atom is 0.243 e. The van der Waals surface area contributed by atoms with Crippen LogP contribution >= 0.6 is 0 Å². The zero-order valence-electron chi connectivity index (χ0n) is 21.7. The molecule has 0 spiro atoms. The Labute approximate surface area is 220 Å². The second-order valence-corrected chi connectivity index (χ2v) is 9.39. The number of benzene rings is 3. The standard InChI is InChI=1S/C32H37N3O2/c1-26-13-12-16-28(25-26)37-24-11-10-23-35-30-18-8-7-17-29(30)34-31(35)19-6-3-9-22-33-32(36)21-20-27-14-4-2-5-15-27/h2,4-5,7-8,12-18,20-21,25H,3,6,9-11,19,22-24H2,1H3,(H,33,36)/b21-20+. The van der Waals surface area contributed by atoms with Crippen LogP contribution in [0.25, 0.3) is 17.1 Å². The van der Waals surface area contributed by atoms with Gasteiger partial charge in [0.05, 0.1) is 17.6 Å². The van der Waals surface area contributed by atoms with Crippen molar-refractivity contribution >= 4 is 23.0 Å². The van der Waals surface area contributed by atoms with Crippen molar-refractivity contribution in [2.75, 3.05) is 13.2 Å². The molecule has 3 aromatic carbocycles. The van der Waals surface area contributed by atoms with Crippen LogP contribution in [-0.2, 0) is 17.8 Å². The zero-order valence-corrected chi connectivity index (χ0v) is 21.7. The number of rotatable bonds is 14. The smallest absolute Gasteiger partial charge is 0.243 e. The Morgan fingerprint density at radius 2 is 1.76 bits per heavy atom. The molecule has 0 saturated carbocycles. The number of amides is 1. The van der Waals surface area contributed by atoms with Gasteiger partial charge in [-0.15, -0.1) is 0 Å². The summed E-state index contributed by atoms with van der Waals surface area (Å²) in [6.07, 6.45) is 9.49. The van der Waals surface area contributed by atoms with E-state index in [0.29, 0.717) is 6.54 Å². The van der Waals surface area contributed by atoms with Crippen LogP contribution < -0.4 is 10.1 Å². The number of hydrogen-bond acceptors (Lipinski definition) is 3. The van der Waals surface area contributed by atoms with E-state index in [2.05, 4.69) is 47.1 Å². The van der Waals surface area contributed by atoms with Crippen molar-refractivity contribution in [2.45, 2.75) is 52.0 Å². The second-order valence-electron chi connectivity index (χ2n) is 9.39. The van der Waals surface area contributed by atoms with Crippen LogP contribution in [0, 0.1) is 6.92 Å². The van der Waals surface area contributed by atoms with E-state index >= 15 is 0 Å². The molecule has 5 heteroatoms. The summed E-state index contributed by atoms with van der Waals surface area (Å²) in [7, 11) is 0. The van der Waals surface area contributed by atoms with Gasteiger partial charge in [0, 0.05) is 25.6 Å². The number of imidazole rings is 1. The van der Waals surface area contributed by atoms with Crippen molar-refractivity contribution in [1.29, 1.82) is 0 Å². The molecule has 0 aliphatic heterocycles. The number of aromatic nitrogens is 2. The highest BCUT2D eigenvalue weighted by molar-refractivity contribution is 5.91. The van der Waals surface area contributed by atoms with Crippen LogP contribution in [0.15, 0.2) is 84.9 Å². The van der Waals surface area contributed by atoms with Gasteiger partial charge in [-0.3, -0.25) is 4.79 Å². The quantitative estimate of drug-likeness (QED) is 0.156. The average molecular weight is 496 g/mol. The number of fused-ring (bicyclic) bond motifs is 1. The maximum atomic E-state index is 12.0. The average Bonchev–Trinajstić information content (AvgIpc) is 3.27. The number of nitrogens with zero attached hydrogens (tertiary/aromatic N) is 2. The van der Waals surface area contributed by atoms with E-state index in [9.17, 15) is 4.79 Å². The van der Waals surface area contributed by atoms with Gasteiger partial charge in [0.1, 0.15) is 11.6 Å². The van der Waals surface area contributed by atoms with Gasteiger partial charge in [0.25, 0.3) is 0 Å². The van der Waals surface area contributed by atoms with E-state index in [1.807, 2.05) is 54.6 Å². The highest BCUT2D eigenvalue weighted by atomic mass is 16.5. The van der Waals surface area contributed by atoms with Gasteiger partial charge in [0.2, 0.25) is 5.91 Å².